The maximum absolute atomic E-state index is 5.20. The van der Waals surface area contributed by atoms with Crippen LogP contribution in [0.25, 0.3) is 43.8 Å². The van der Waals surface area contributed by atoms with Crippen LogP contribution in [0.3, 0.4) is 0 Å². The molecule has 28 heavy (non-hydrogen) atoms. The van der Waals surface area contributed by atoms with Crippen LogP contribution in [0.2, 0.25) is 0 Å². The molecule has 0 radical (unpaired) electrons. The summed E-state index contributed by atoms with van der Waals surface area (Å²) in [7, 11) is 0. The van der Waals surface area contributed by atoms with Crippen molar-refractivity contribution in [3.8, 4) is 11.3 Å². The maximum Gasteiger partial charge on any atom is 2.00 e. The van der Waals surface area contributed by atoms with Gasteiger partial charge in [-0.1, -0.05) is 49.4 Å². The van der Waals surface area contributed by atoms with Gasteiger partial charge in [-0.15, -0.1) is 29.3 Å². The summed E-state index contributed by atoms with van der Waals surface area (Å²) in [6.07, 6.45) is 1.84. The molecule has 138 valence electrons. The summed E-state index contributed by atoms with van der Waals surface area (Å²) in [5, 5.41) is 4.49. The predicted octanol–water partition coefficient (Wildman–Crippen LogP) is 5.76. The Labute approximate surface area is 183 Å². The number of hydrogen-bond donors (Lipinski definition) is 0. The molecule has 0 aliphatic heterocycles. The van der Waals surface area contributed by atoms with Crippen molar-refractivity contribution in [2.24, 2.45) is 0 Å². The molecule has 5 rings (SSSR count). The van der Waals surface area contributed by atoms with Crippen LogP contribution in [-0.4, -0.2) is 9.97 Å². The van der Waals surface area contributed by atoms with Crippen LogP contribution in [-0.2, 0) is 39.4 Å². The molecule has 3 aromatic carbocycles. The first-order valence-corrected chi connectivity index (χ1v) is 9.50. The third-order valence-corrected chi connectivity index (χ3v) is 5.35. The standard InChI is InChI=1S/C24H17N2S.Pt/c1-15-4-5-16(14-27)13-20(15)21-11-10-19-9-7-17-6-8-18-3-2-12-25-23(18)22(17)24(19)26-21;/h2-12,27H,14H2,1H3;/q-1;+2/p-1. The molecular weight excluding hydrogens is 543 g/mol. The fourth-order valence-corrected chi connectivity index (χ4v) is 3.80. The Bertz CT molecular complexity index is 1330. The Balaban J connectivity index is 0.00000192. The second kappa shape index (κ2) is 7.66. The van der Waals surface area contributed by atoms with E-state index in [1.807, 2.05) is 18.3 Å². The van der Waals surface area contributed by atoms with E-state index in [0.717, 1.165) is 55.0 Å². The first kappa shape index (κ1) is 19.1. The second-order valence-electron chi connectivity index (χ2n) is 6.76. The molecule has 4 heteroatoms. The third kappa shape index (κ3) is 3.13. The molecule has 5 aromatic rings. The molecule has 0 saturated carbocycles. The second-order valence-corrected chi connectivity index (χ2v) is 7.05. The van der Waals surface area contributed by atoms with Crippen molar-refractivity contribution in [1.29, 1.82) is 0 Å². The monoisotopic (exact) mass is 559 g/mol. The number of rotatable bonds is 2. The van der Waals surface area contributed by atoms with E-state index in [-0.39, 0.29) is 21.1 Å². The van der Waals surface area contributed by atoms with Crippen LogP contribution in [0.15, 0.2) is 66.9 Å². The van der Waals surface area contributed by atoms with E-state index in [1.54, 1.807) is 0 Å². The summed E-state index contributed by atoms with van der Waals surface area (Å²) in [5.74, 6) is 0.554. The Kier molecular flexibility index (Phi) is 5.23. The predicted molar refractivity (Wildman–Crippen MR) is 115 cm³/mol. The number of benzene rings is 3. The van der Waals surface area contributed by atoms with Crippen molar-refractivity contribution < 1.29 is 21.1 Å². The van der Waals surface area contributed by atoms with Gasteiger partial charge in [0.25, 0.3) is 0 Å². The smallest absolute Gasteiger partial charge is 0.790 e. The molecule has 0 atom stereocenters. The minimum absolute atomic E-state index is 0. The van der Waals surface area contributed by atoms with Crippen LogP contribution in [0.5, 0.6) is 0 Å². The molecule has 2 nitrogen and oxygen atoms in total. The number of nitrogens with zero attached hydrogens (tertiary/aromatic N) is 2. The summed E-state index contributed by atoms with van der Waals surface area (Å²) >= 11 is 5.20. The molecule has 0 fully saturated rings. The van der Waals surface area contributed by atoms with Gasteiger partial charge in [-0.25, -0.2) is 0 Å². The van der Waals surface area contributed by atoms with Gasteiger partial charge in [-0.3, -0.25) is 9.97 Å². The summed E-state index contributed by atoms with van der Waals surface area (Å²) in [6, 6.07) is 24.4. The van der Waals surface area contributed by atoms with Crippen molar-refractivity contribution in [3.63, 3.8) is 0 Å². The van der Waals surface area contributed by atoms with E-state index in [4.69, 9.17) is 17.6 Å². The van der Waals surface area contributed by atoms with Gasteiger partial charge in [0.1, 0.15) is 0 Å². The molecule has 0 amide bonds. The molecule has 0 bridgehead atoms. The largest absolute Gasteiger partial charge is 2.00 e. The zero-order chi connectivity index (χ0) is 18.4. The van der Waals surface area contributed by atoms with Crippen molar-refractivity contribution in [3.05, 3.63) is 84.1 Å². The van der Waals surface area contributed by atoms with Crippen LogP contribution in [0.4, 0.5) is 0 Å². The normalized spacial score (nSPS) is 11.1. The Morgan fingerprint density at radius 2 is 1.57 bits per heavy atom. The van der Waals surface area contributed by atoms with Crippen molar-refractivity contribution >= 4 is 45.2 Å². The first-order chi connectivity index (χ1) is 13.2. The van der Waals surface area contributed by atoms with Crippen LogP contribution < -0.4 is 0 Å². The van der Waals surface area contributed by atoms with Gasteiger partial charge in [-0.05, 0) is 22.5 Å². The van der Waals surface area contributed by atoms with Gasteiger partial charge >= 0.3 is 21.1 Å². The van der Waals surface area contributed by atoms with Crippen LogP contribution >= 0.6 is 0 Å². The van der Waals surface area contributed by atoms with Gasteiger partial charge in [0.05, 0.1) is 11.0 Å². The number of pyridine rings is 2. The van der Waals surface area contributed by atoms with Gasteiger partial charge in [-0.2, -0.15) is 11.3 Å². The quantitative estimate of drug-likeness (QED) is 0.156. The van der Waals surface area contributed by atoms with Crippen molar-refractivity contribution in [2.75, 3.05) is 0 Å². The minimum atomic E-state index is 0. The van der Waals surface area contributed by atoms with E-state index in [2.05, 4.69) is 66.5 Å². The number of fused-ring (bicyclic) bond motifs is 5. The molecule has 0 N–H and O–H groups in total. The zero-order valence-corrected chi connectivity index (χ0v) is 18.3. The van der Waals surface area contributed by atoms with Crippen molar-refractivity contribution in [2.45, 2.75) is 12.7 Å². The van der Waals surface area contributed by atoms with Gasteiger partial charge < -0.3 is 12.6 Å². The van der Waals surface area contributed by atoms with E-state index in [1.165, 1.54) is 0 Å². The SMILES string of the molecule is Cc1ccc(C[S-])[c-]c1-c1ccc2ccc3ccc4cccnc4c3c2n1.[Pt+2]. The molecule has 0 unspecified atom stereocenters. The Hall–Kier alpha value is -2.22. The minimum Gasteiger partial charge on any atom is -0.790 e. The summed E-state index contributed by atoms with van der Waals surface area (Å²) < 4.78 is 0. The van der Waals surface area contributed by atoms with Gasteiger partial charge in [0.15, 0.2) is 0 Å². The molecule has 0 aliphatic rings. The fourth-order valence-electron chi connectivity index (χ4n) is 3.63. The number of hydrogen-bond acceptors (Lipinski definition) is 3. The first-order valence-electron chi connectivity index (χ1n) is 8.92. The maximum atomic E-state index is 5.20. The summed E-state index contributed by atoms with van der Waals surface area (Å²) in [5.41, 5.74) is 6.08. The average Bonchev–Trinajstić information content (AvgIpc) is 2.73. The summed E-state index contributed by atoms with van der Waals surface area (Å²) in [4.78, 5) is 9.70. The summed E-state index contributed by atoms with van der Waals surface area (Å²) in [6.45, 7) is 2.09. The average molecular weight is 560 g/mol. The van der Waals surface area contributed by atoms with Crippen LogP contribution in [0.1, 0.15) is 11.1 Å². The topological polar surface area (TPSA) is 25.8 Å². The van der Waals surface area contributed by atoms with Gasteiger partial charge in [0, 0.05) is 17.0 Å². The van der Waals surface area contributed by atoms with Crippen LogP contribution in [0, 0.1) is 13.0 Å². The Morgan fingerprint density at radius 1 is 0.857 bits per heavy atom. The fraction of sp³-hybridized carbons (Fsp3) is 0.0833. The molecular formula is C24H16N2PtS. The number of aromatic nitrogens is 2. The van der Waals surface area contributed by atoms with E-state index in [0.29, 0.717) is 5.75 Å². The number of aryl methyl sites for hydroxylation is 1. The Morgan fingerprint density at radius 3 is 2.36 bits per heavy atom. The molecule has 0 aliphatic carbocycles. The molecule has 2 heterocycles. The molecule has 2 aromatic heterocycles. The van der Waals surface area contributed by atoms with Crippen molar-refractivity contribution in [1.82, 2.24) is 9.97 Å². The van der Waals surface area contributed by atoms with E-state index >= 15 is 0 Å². The molecule has 0 spiro atoms. The molecule has 0 saturated heterocycles. The zero-order valence-electron chi connectivity index (χ0n) is 15.2. The van der Waals surface area contributed by atoms with E-state index in [9.17, 15) is 0 Å². The third-order valence-electron chi connectivity index (χ3n) is 5.04. The van der Waals surface area contributed by atoms with E-state index < -0.39 is 0 Å². The van der Waals surface area contributed by atoms with Gasteiger partial charge in [0.2, 0.25) is 0 Å².